The molecular formula is C14H16F2N4O2. The topological polar surface area (TPSA) is 79.2 Å². The lowest BCUT2D eigenvalue weighted by atomic mass is 10.2. The maximum atomic E-state index is 13.5. The molecule has 0 bridgehead atoms. The van der Waals surface area contributed by atoms with Crippen LogP contribution in [0.4, 0.5) is 14.5 Å². The number of amides is 1. The van der Waals surface area contributed by atoms with Crippen LogP contribution in [0.25, 0.3) is 0 Å². The number of nitrogens with zero attached hydrogens (tertiary/aromatic N) is 2. The summed E-state index contributed by atoms with van der Waals surface area (Å²) in [4.78, 5) is 11.4. The molecule has 2 aromatic rings. The summed E-state index contributed by atoms with van der Waals surface area (Å²) in [5.41, 5.74) is 0.784. The van der Waals surface area contributed by atoms with Gasteiger partial charge in [0.05, 0.1) is 18.5 Å². The van der Waals surface area contributed by atoms with E-state index >= 15 is 0 Å². The van der Waals surface area contributed by atoms with Crippen molar-refractivity contribution in [1.82, 2.24) is 15.1 Å². The Morgan fingerprint density at radius 1 is 1.36 bits per heavy atom. The zero-order chi connectivity index (χ0) is 15.9. The Morgan fingerprint density at radius 2 is 2.18 bits per heavy atom. The summed E-state index contributed by atoms with van der Waals surface area (Å²) in [5.74, 6) is -2.05. The molecule has 8 heteroatoms. The van der Waals surface area contributed by atoms with E-state index in [4.69, 9.17) is 5.11 Å². The number of nitrogens with one attached hydrogen (secondary N) is 2. The highest BCUT2D eigenvalue weighted by molar-refractivity contribution is 5.75. The number of hydrogen-bond acceptors (Lipinski definition) is 4. The Bertz CT molecular complexity index is 646. The molecule has 0 atom stereocenters. The summed E-state index contributed by atoms with van der Waals surface area (Å²) in [7, 11) is 0. The van der Waals surface area contributed by atoms with E-state index in [-0.39, 0.29) is 37.7 Å². The number of anilines is 1. The average molecular weight is 310 g/mol. The van der Waals surface area contributed by atoms with Crippen LogP contribution in [-0.2, 0) is 17.9 Å². The predicted molar refractivity (Wildman–Crippen MR) is 76.0 cm³/mol. The number of rotatable bonds is 7. The summed E-state index contributed by atoms with van der Waals surface area (Å²) < 4.78 is 28.0. The van der Waals surface area contributed by atoms with Crippen molar-refractivity contribution in [3.05, 3.63) is 47.8 Å². The van der Waals surface area contributed by atoms with Crippen molar-refractivity contribution in [1.29, 1.82) is 0 Å². The minimum absolute atomic E-state index is 0.00993. The van der Waals surface area contributed by atoms with Gasteiger partial charge in [0.15, 0.2) is 11.6 Å². The number of carbonyl (C=O) groups is 1. The van der Waals surface area contributed by atoms with Gasteiger partial charge in [-0.15, -0.1) is 0 Å². The van der Waals surface area contributed by atoms with Gasteiger partial charge in [-0.05, 0) is 6.07 Å². The van der Waals surface area contributed by atoms with Crippen LogP contribution < -0.4 is 10.6 Å². The van der Waals surface area contributed by atoms with Crippen LogP contribution >= 0.6 is 0 Å². The summed E-state index contributed by atoms with van der Waals surface area (Å²) in [6, 6.07) is 3.98. The molecule has 0 radical (unpaired) electrons. The van der Waals surface area contributed by atoms with E-state index in [1.54, 1.807) is 6.20 Å². The highest BCUT2D eigenvalue weighted by Gasteiger charge is 2.08. The highest BCUT2D eigenvalue weighted by atomic mass is 19.2. The molecule has 0 aliphatic rings. The summed E-state index contributed by atoms with van der Waals surface area (Å²) in [5, 5.41) is 18.0. The van der Waals surface area contributed by atoms with Crippen LogP contribution in [0, 0.1) is 11.6 Å². The first-order chi connectivity index (χ1) is 10.6. The molecule has 0 aliphatic heterocycles. The van der Waals surface area contributed by atoms with Crippen molar-refractivity contribution in [2.45, 2.75) is 13.1 Å². The number of hydrogen-bond donors (Lipinski definition) is 3. The van der Waals surface area contributed by atoms with Gasteiger partial charge in [0.2, 0.25) is 5.91 Å². The molecule has 1 aromatic heterocycles. The smallest absolute Gasteiger partial charge is 0.241 e. The molecule has 0 aliphatic carbocycles. The zero-order valence-corrected chi connectivity index (χ0v) is 11.7. The first kappa shape index (κ1) is 15.9. The Balaban J connectivity index is 1.89. The van der Waals surface area contributed by atoms with Gasteiger partial charge in [0, 0.05) is 24.8 Å². The maximum absolute atomic E-state index is 13.5. The Kier molecular flexibility index (Phi) is 5.42. The largest absolute Gasteiger partial charge is 0.395 e. The SMILES string of the molecule is O=C(Cn1cc(NCc2cccc(F)c2F)cn1)NCCO. The molecule has 118 valence electrons. The molecule has 0 saturated carbocycles. The van der Waals surface area contributed by atoms with Gasteiger partial charge in [-0.3, -0.25) is 9.48 Å². The van der Waals surface area contributed by atoms with Crippen molar-refractivity contribution in [3.8, 4) is 0 Å². The minimum atomic E-state index is -0.893. The third-order valence-electron chi connectivity index (χ3n) is 2.89. The van der Waals surface area contributed by atoms with Gasteiger partial charge >= 0.3 is 0 Å². The number of aliphatic hydroxyl groups excluding tert-OH is 1. The van der Waals surface area contributed by atoms with E-state index in [1.807, 2.05) is 0 Å². The minimum Gasteiger partial charge on any atom is -0.395 e. The molecule has 1 aromatic carbocycles. The van der Waals surface area contributed by atoms with Gasteiger partial charge in [-0.2, -0.15) is 5.10 Å². The van der Waals surface area contributed by atoms with E-state index in [9.17, 15) is 13.6 Å². The lowest BCUT2D eigenvalue weighted by molar-refractivity contribution is -0.122. The van der Waals surface area contributed by atoms with E-state index < -0.39 is 11.6 Å². The molecule has 1 heterocycles. The fourth-order valence-electron chi connectivity index (χ4n) is 1.82. The summed E-state index contributed by atoms with van der Waals surface area (Å²) in [6.07, 6.45) is 3.06. The molecule has 3 N–H and O–H groups in total. The highest BCUT2D eigenvalue weighted by Crippen LogP contribution is 2.13. The van der Waals surface area contributed by atoms with Gasteiger partial charge in [-0.1, -0.05) is 12.1 Å². The predicted octanol–water partition coefficient (Wildman–Crippen LogP) is 0.882. The number of aliphatic hydroxyl groups is 1. The maximum Gasteiger partial charge on any atom is 0.241 e. The molecule has 6 nitrogen and oxygen atoms in total. The van der Waals surface area contributed by atoms with Gasteiger partial charge in [0.25, 0.3) is 0 Å². The van der Waals surface area contributed by atoms with Crippen LogP contribution in [0.1, 0.15) is 5.56 Å². The second kappa shape index (κ2) is 7.51. The molecule has 0 fully saturated rings. The second-order valence-electron chi connectivity index (χ2n) is 4.57. The van der Waals surface area contributed by atoms with Gasteiger partial charge in [0.1, 0.15) is 6.54 Å². The van der Waals surface area contributed by atoms with Crippen LogP contribution in [0.15, 0.2) is 30.6 Å². The van der Waals surface area contributed by atoms with E-state index in [0.717, 1.165) is 6.07 Å². The molecule has 2 rings (SSSR count). The van der Waals surface area contributed by atoms with Gasteiger partial charge < -0.3 is 15.7 Å². The van der Waals surface area contributed by atoms with Crippen molar-refractivity contribution in [2.24, 2.45) is 0 Å². The van der Waals surface area contributed by atoms with E-state index in [2.05, 4.69) is 15.7 Å². The van der Waals surface area contributed by atoms with Crippen molar-refractivity contribution >= 4 is 11.6 Å². The fraction of sp³-hybridized carbons (Fsp3) is 0.286. The summed E-state index contributed by atoms with van der Waals surface area (Å²) in [6.45, 7) is 0.170. The third kappa shape index (κ3) is 4.26. The van der Waals surface area contributed by atoms with Crippen LogP contribution in [0.3, 0.4) is 0 Å². The fourth-order valence-corrected chi connectivity index (χ4v) is 1.82. The first-order valence-corrected chi connectivity index (χ1v) is 6.67. The number of carbonyl (C=O) groups excluding carboxylic acids is 1. The monoisotopic (exact) mass is 310 g/mol. The third-order valence-corrected chi connectivity index (χ3v) is 2.89. The quantitative estimate of drug-likeness (QED) is 0.709. The van der Waals surface area contributed by atoms with Crippen molar-refractivity contribution in [2.75, 3.05) is 18.5 Å². The molecule has 0 spiro atoms. The Hall–Kier alpha value is -2.48. The second-order valence-corrected chi connectivity index (χ2v) is 4.57. The van der Waals surface area contributed by atoms with E-state index in [1.165, 1.54) is 23.0 Å². The molecule has 22 heavy (non-hydrogen) atoms. The van der Waals surface area contributed by atoms with Crippen LogP contribution in [0.2, 0.25) is 0 Å². The zero-order valence-electron chi connectivity index (χ0n) is 11.7. The number of benzene rings is 1. The van der Waals surface area contributed by atoms with Gasteiger partial charge in [-0.25, -0.2) is 8.78 Å². The standard InChI is InChI=1S/C14H16F2N4O2/c15-12-3-1-2-10(14(12)16)6-18-11-7-19-20(8-11)9-13(22)17-4-5-21/h1-3,7-8,18,21H,4-6,9H2,(H,17,22). The molecule has 0 unspecified atom stereocenters. The Labute approximate surface area is 125 Å². The molecular weight excluding hydrogens is 294 g/mol. The lowest BCUT2D eigenvalue weighted by Crippen LogP contribution is -2.30. The molecule has 1 amide bonds. The molecule has 0 saturated heterocycles. The first-order valence-electron chi connectivity index (χ1n) is 6.67. The lowest BCUT2D eigenvalue weighted by Gasteiger charge is -2.05. The normalized spacial score (nSPS) is 10.5. The van der Waals surface area contributed by atoms with Crippen LogP contribution in [-0.4, -0.2) is 33.9 Å². The van der Waals surface area contributed by atoms with Crippen molar-refractivity contribution < 1.29 is 18.7 Å². The van der Waals surface area contributed by atoms with E-state index in [0.29, 0.717) is 5.69 Å². The average Bonchev–Trinajstić information content (AvgIpc) is 2.94. The summed E-state index contributed by atoms with van der Waals surface area (Å²) >= 11 is 0. The number of halogens is 2. The van der Waals surface area contributed by atoms with Crippen molar-refractivity contribution in [3.63, 3.8) is 0 Å². The number of aromatic nitrogens is 2. The van der Waals surface area contributed by atoms with Crippen LogP contribution in [0.5, 0.6) is 0 Å². The Morgan fingerprint density at radius 3 is 2.95 bits per heavy atom.